The van der Waals surface area contributed by atoms with Gasteiger partial charge in [0, 0.05) is 5.57 Å². The van der Waals surface area contributed by atoms with Crippen LogP contribution < -0.4 is 0 Å². The van der Waals surface area contributed by atoms with Gasteiger partial charge >= 0.3 is 5.97 Å². The van der Waals surface area contributed by atoms with Crippen molar-refractivity contribution in [2.24, 2.45) is 17.3 Å². The molecule has 1 N–H and O–H groups in total. The molecule has 0 radical (unpaired) electrons. The zero-order chi connectivity index (χ0) is 12.3. The molecule has 1 rings (SSSR count). The third-order valence-corrected chi connectivity index (χ3v) is 3.23. The quantitative estimate of drug-likeness (QED) is 0.441. The summed E-state index contributed by atoms with van der Waals surface area (Å²) in [6, 6.07) is 0. The van der Waals surface area contributed by atoms with E-state index in [2.05, 4.69) is 0 Å². The average Bonchev–Trinajstić information content (AvgIpc) is 2.75. The van der Waals surface area contributed by atoms with E-state index in [0.717, 1.165) is 12.7 Å². The third-order valence-electron chi connectivity index (χ3n) is 3.23. The Morgan fingerprint density at radius 3 is 2.44 bits per heavy atom. The first-order chi connectivity index (χ1) is 7.45. The first-order valence-corrected chi connectivity index (χ1v) is 5.51. The zero-order valence-electron chi connectivity index (χ0n) is 9.93. The number of carbonyl (C=O) groups excluding carboxylic acids is 1. The van der Waals surface area contributed by atoms with Crippen molar-refractivity contribution in [2.45, 2.75) is 27.2 Å². The molecule has 0 aromatic carbocycles. The van der Waals surface area contributed by atoms with Crippen LogP contribution >= 0.6 is 0 Å². The highest BCUT2D eigenvalue weighted by molar-refractivity contribution is 5.80. The summed E-state index contributed by atoms with van der Waals surface area (Å²) >= 11 is 0. The van der Waals surface area contributed by atoms with Gasteiger partial charge in [0.1, 0.15) is 6.29 Å². The standard InChI is InChI=1S/C13H18O3/c1-4-5-6-9(8-14)7-10-11(12(15)16)13(10,2)3/h5-8,10-11H,4H2,1-3H3,(H,15,16). The van der Waals surface area contributed by atoms with E-state index in [1.165, 1.54) is 0 Å². The van der Waals surface area contributed by atoms with Gasteiger partial charge in [-0.2, -0.15) is 0 Å². The Balaban J connectivity index is 2.80. The van der Waals surface area contributed by atoms with Crippen molar-refractivity contribution >= 4 is 12.3 Å². The molecule has 0 saturated heterocycles. The third kappa shape index (κ3) is 2.40. The molecule has 0 heterocycles. The number of carbonyl (C=O) groups is 2. The number of aliphatic carboxylic acids is 1. The van der Waals surface area contributed by atoms with E-state index in [1.807, 2.05) is 26.8 Å². The number of carboxylic acid groups (broad SMARTS) is 1. The molecule has 1 fully saturated rings. The molecule has 16 heavy (non-hydrogen) atoms. The largest absolute Gasteiger partial charge is 0.481 e. The summed E-state index contributed by atoms with van der Waals surface area (Å²) in [4.78, 5) is 21.7. The number of rotatable bonds is 5. The van der Waals surface area contributed by atoms with Gasteiger partial charge in [0.25, 0.3) is 0 Å². The van der Waals surface area contributed by atoms with Crippen LogP contribution in [-0.2, 0) is 9.59 Å². The number of allylic oxidation sites excluding steroid dienone is 4. The van der Waals surface area contributed by atoms with Crippen LogP contribution in [0.4, 0.5) is 0 Å². The van der Waals surface area contributed by atoms with Gasteiger partial charge < -0.3 is 5.11 Å². The fourth-order valence-corrected chi connectivity index (χ4v) is 2.06. The highest BCUT2D eigenvalue weighted by Crippen LogP contribution is 2.59. The SMILES string of the molecule is CCC=CC(C=O)=CC1C(C(=O)O)C1(C)C. The summed E-state index contributed by atoms with van der Waals surface area (Å²) in [6.45, 7) is 5.82. The van der Waals surface area contributed by atoms with Gasteiger partial charge in [-0.15, -0.1) is 0 Å². The molecular formula is C13H18O3. The van der Waals surface area contributed by atoms with Crippen LogP contribution in [0.5, 0.6) is 0 Å². The second-order valence-electron chi connectivity index (χ2n) is 4.76. The topological polar surface area (TPSA) is 54.4 Å². The molecule has 0 spiro atoms. The molecule has 0 aromatic rings. The van der Waals surface area contributed by atoms with Gasteiger partial charge in [-0.3, -0.25) is 9.59 Å². The summed E-state index contributed by atoms with van der Waals surface area (Å²) < 4.78 is 0. The molecule has 3 nitrogen and oxygen atoms in total. The second-order valence-corrected chi connectivity index (χ2v) is 4.76. The summed E-state index contributed by atoms with van der Waals surface area (Å²) in [7, 11) is 0. The van der Waals surface area contributed by atoms with E-state index < -0.39 is 5.97 Å². The van der Waals surface area contributed by atoms with Crippen LogP contribution in [0.3, 0.4) is 0 Å². The van der Waals surface area contributed by atoms with E-state index >= 15 is 0 Å². The Hall–Kier alpha value is -1.38. The minimum atomic E-state index is -0.782. The molecule has 0 aliphatic heterocycles. The number of hydrogen-bond donors (Lipinski definition) is 1. The van der Waals surface area contributed by atoms with Gasteiger partial charge in [0.05, 0.1) is 5.92 Å². The minimum Gasteiger partial charge on any atom is -0.481 e. The molecular weight excluding hydrogens is 204 g/mol. The Morgan fingerprint density at radius 1 is 1.44 bits per heavy atom. The van der Waals surface area contributed by atoms with Gasteiger partial charge in [-0.05, 0) is 17.8 Å². The Kier molecular flexibility index (Phi) is 3.68. The Bertz CT molecular complexity index is 350. The smallest absolute Gasteiger partial charge is 0.307 e. The van der Waals surface area contributed by atoms with E-state index in [0.29, 0.717) is 5.57 Å². The van der Waals surface area contributed by atoms with Gasteiger partial charge in [-0.25, -0.2) is 0 Å². The predicted molar refractivity (Wildman–Crippen MR) is 62.0 cm³/mol. The van der Waals surface area contributed by atoms with Crippen molar-refractivity contribution in [1.82, 2.24) is 0 Å². The van der Waals surface area contributed by atoms with Crippen molar-refractivity contribution in [3.63, 3.8) is 0 Å². The normalized spacial score (nSPS) is 28.1. The predicted octanol–water partition coefficient (Wildman–Crippen LogP) is 2.43. The zero-order valence-corrected chi connectivity index (χ0v) is 9.93. The van der Waals surface area contributed by atoms with Crippen molar-refractivity contribution in [3.05, 3.63) is 23.8 Å². The van der Waals surface area contributed by atoms with Crippen molar-refractivity contribution < 1.29 is 14.7 Å². The summed E-state index contributed by atoms with van der Waals surface area (Å²) in [5, 5.41) is 8.99. The minimum absolute atomic E-state index is 0.0355. The van der Waals surface area contributed by atoms with Gasteiger partial charge in [-0.1, -0.05) is 39.0 Å². The highest BCUT2D eigenvalue weighted by Gasteiger charge is 2.60. The lowest BCUT2D eigenvalue weighted by Gasteiger charge is -1.97. The molecule has 3 heteroatoms. The molecule has 1 aliphatic carbocycles. The van der Waals surface area contributed by atoms with Crippen LogP contribution in [0.25, 0.3) is 0 Å². The van der Waals surface area contributed by atoms with Crippen molar-refractivity contribution in [3.8, 4) is 0 Å². The molecule has 0 amide bonds. The van der Waals surface area contributed by atoms with E-state index in [1.54, 1.807) is 12.2 Å². The van der Waals surface area contributed by atoms with E-state index in [-0.39, 0.29) is 17.3 Å². The monoisotopic (exact) mass is 222 g/mol. The lowest BCUT2D eigenvalue weighted by molar-refractivity contribution is -0.139. The van der Waals surface area contributed by atoms with Crippen LogP contribution in [0.1, 0.15) is 27.2 Å². The number of hydrogen-bond acceptors (Lipinski definition) is 2. The summed E-state index contributed by atoms with van der Waals surface area (Å²) in [5.41, 5.74) is 0.337. The van der Waals surface area contributed by atoms with Gasteiger partial charge in [0.15, 0.2) is 0 Å². The fraction of sp³-hybridized carbons (Fsp3) is 0.538. The first-order valence-electron chi connectivity index (χ1n) is 5.51. The number of aldehydes is 1. The van der Waals surface area contributed by atoms with Crippen LogP contribution in [0.2, 0.25) is 0 Å². The highest BCUT2D eigenvalue weighted by atomic mass is 16.4. The van der Waals surface area contributed by atoms with Crippen LogP contribution in [0, 0.1) is 17.3 Å². The molecule has 1 saturated carbocycles. The van der Waals surface area contributed by atoms with Crippen LogP contribution in [-0.4, -0.2) is 17.4 Å². The van der Waals surface area contributed by atoms with Crippen molar-refractivity contribution in [1.29, 1.82) is 0 Å². The fourth-order valence-electron chi connectivity index (χ4n) is 2.06. The van der Waals surface area contributed by atoms with E-state index in [9.17, 15) is 9.59 Å². The second kappa shape index (κ2) is 4.64. The summed E-state index contributed by atoms with van der Waals surface area (Å²) in [5.74, 6) is -1.18. The van der Waals surface area contributed by atoms with Crippen molar-refractivity contribution in [2.75, 3.05) is 0 Å². The number of carboxylic acids is 1. The Labute approximate surface area is 95.9 Å². The maximum atomic E-state index is 10.9. The molecule has 88 valence electrons. The Morgan fingerprint density at radius 2 is 2.06 bits per heavy atom. The maximum Gasteiger partial charge on any atom is 0.307 e. The molecule has 2 unspecified atom stereocenters. The lowest BCUT2D eigenvalue weighted by atomic mass is 10.1. The molecule has 0 bridgehead atoms. The molecule has 1 aliphatic rings. The molecule has 2 atom stereocenters. The van der Waals surface area contributed by atoms with Crippen LogP contribution in [0.15, 0.2) is 23.8 Å². The molecule has 0 aromatic heterocycles. The van der Waals surface area contributed by atoms with E-state index in [4.69, 9.17) is 5.11 Å². The lowest BCUT2D eigenvalue weighted by Crippen LogP contribution is -2.03. The average molecular weight is 222 g/mol. The van der Waals surface area contributed by atoms with Gasteiger partial charge in [0.2, 0.25) is 0 Å². The maximum absolute atomic E-state index is 10.9. The summed E-state index contributed by atoms with van der Waals surface area (Å²) in [6.07, 6.45) is 7.06. The first kappa shape index (κ1) is 12.7.